The average Bonchev–Trinajstić information content (AvgIpc) is 3.39. The van der Waals surface area contributed by atoms with Crippen molar-refractivity contribution in [2.45, 2.75) is 38.9 Å². The Morgan fingerprint density at radius 2 is 1.57 bits per heavy atom. The van der Waals surface area contributed by atoms with E-state index in [9.17, 15) is 9.90 Å². The van der Waals surface area contributed by atoms with E-state index in [1.165, 1.54) is 0 Å². The molecule has 0 spiro atoms. The van der Waals surface area contributed by atoms with Gasteiger partial charge in [0.25, 0.3) is 0 Å². The van der Waals surface area contributed by atoms with Crippen LogP contribution in [0.2, 0.25) is 20.1 Å². The number of carbonyl (C=O) groups is 1. The number of primary amides is 1. The number of fused-ring (bicyclic) bond motifs is 1. The van der Waals surface area contributed by atoms with Crippen LogP contribution in [0, 0.1) is 0 Å². The molecule has 0 saturated heterocycles. The van der Waals surface area contributed by atoms with E-state index in [0.29, 0.717) is 39.7 Å². The Morgan fingerprint density at radius 3 is 2.20 bits per heavy atom. The lowest BCUT2D eigenvalue weighted by Crippen LogP contribution is -2.27. The van der Waals surface area contributed by atoms with Crippen LogP contribution in [0.3, 0.4) is 0 Å². The molecule has 1 aromatic heterocycles. The first-order valence-corrected chi connectivity index (χ1v) is 16.5. The van der Waals surface area contributed by atoms with Crippen molar-refractivity contribution < 1.29 is 9.90 Å². The van der Waals surface area contributed by atoms with Crippen LogP contribution in [-0.4, -0.2) is 40.3 Å². The third kappa shape index (κ3) is 8.15. The molecule has 0 aliphatic rings. The van der Waals surface area contributed by atoms with E-state index in [-0.39, 0.29) is 19.1 Å². The van der Waals surface area contributed by atoms with Crippen LogP contribution < -0.4 is 16.0 Å². The highest BCUT2D eigenvalue weighted by molar-refractivity contribution is 6.42. The summed E-state index contributed by atoms with van der Waals surface area (Å²) in [7, 11) is 0. The number of amides is 1. The largest absolute Gasteiger partial charge is 0.395 e. The van der Waals surface area contributed by atoms with Crippen LogP contribution in [0.1, 0.15) is 42.5 Å². The van der Waals surface area contributed by atoms with Crippen molar-refractivity contribution in [1.82, 2.24) is 14.9 Å². The van der Waals surface area contributed by atoms with Gasteiger partial charge in [-0.15, -0.1) is 0 Å². The van der Waals surface area contributed by atoms with Crippen molar-refractivity contribution in [2.24, 2.45) is 5.73 Å². The first-order chi connectivity index (χ1) is 22.2. The molecule has 0 radical (unpaired) electrons. The highest BCUT2D eigenvalue weighted by Crippen LogP contribution is 2.32. The van der Waals surface area contributed by atoms with E-state index in [2.05, 4.69) is 46.0 Å². The predicted molar refractivity (Wildman–Crippen MR) is 190 cm³/mol. The second-order valence-electron chi connectivity index (χ2n) is 11.1. The minimum absolute atomic E-state index is 0.0859. The number of imidazole rings is 1. The van der Waals surface area contributed by atoms with Crippen molar-refractivity contribution in [3.8, 4) is 11.4 Å². The molecule has 46 heavy (non-hydrogen) atoms. The fourth-order valence-corrected chi connectivity index (χ4v) is 6.19. The number of anilines is 1. The Hall–Kier alpha value is -3.30. The number of hydrogen-bond donors (Lipinski definition) is 3. The number of benzene rings is 4. The van der Waals surface area contributed by atoms with Crippen LogP contribution in [-0.2, 0) is 17.9 Å². The Bertz CT molecular complexity index is 1820. The van der Waals surface area contributed by atoms with Gasteiger partial charge in [0.05, 0.1) is 37.7 Å². The van der Waals surface area contributed by atoms with Crippen LogP contribution >= 0.6 is 46.4 Å². The minimum Gasteiger partial charge on any atom is -0.395 e. The van der Waals surface area contributed by atoms with Gasteiger partial charge in [0.2, 0.25) is 5.91 Å². The van der Waals surface area contributed by atoms with Crippen molar-refractivity contribution in [1.29, 1.82) is 0 Å². The quantitative estimate of drug-likeness (QED) is 0.109. The van der Waals surface area contributed by atoms with Crippen LogP contribution in [0.15, 0.2) is 78.9 Å². The van der Waals surface area contributed by atoms with Crippen LogP contribution in [0.4, 0.5) is 5.69 Å². The predicted octanol–water partition coefficient (Wildman–Crippen LogP) is 8.28. The molecule has 240 valence electrons. The lowest BCUT2D eigenvalue weighted by Gasteiger charge is -2.23. The lowest BCUT2D eigenvalue weighted by atomic mass is 10.0. The van der Waals surface area contributed by atoms with Gasteiger partial charge in [0.15, 0.2) is 0 Å². The molecule has 0 saturated carbocycles. The fourth-order valence-electron chi connectivity index (χ4n) is 5.55. The highest BCUT2D eigenvalue weighted by atomic mass is 35.5. The zero-order valence-corrected chi connectivity index (χ0v) is 28.3. The van der Waals surface area contributed by atoms with Gasteiger partial charge >= 0.3 is 0 Å². The second kappa shape index (κ2) is 15.5. The number of aromatic nitrogens is 2. The molecule has 1 heterocycles. The van der Waals surface area contributed by atoms with Crippen molar-refractivity contribution >= 4 is 69.0 Å². The number of hydrogen-bond acceptors (Lipinski definition) is 5. The maximum absolute atomic E-state index is 12.1. The smallest absolute Gasteiger partial charge is 0.219 e. The van der Waals surface area contributed by atoms with E-state index in [0.717, 1.165) is 57.8 Å². The van der Waals surface area contributed by atoms with Gasteiger partial charge in [-0.05, 0) is 83.8 Å². The Balaban J connectivity index is 1.53. The van der Waals surface area contributed by atoms with Crippen molar-refractivity contribution in [3.63, 3.8) is 0 Å². The minimum atomic E-state index is -0.420. The number of nitrogens with two attached hydrogens (primary N) is 1. The summed E-state index contributed by atoms with van der Waals surface area (Å²) in [6.07, 6.45) is 1.08. The normalized spacial score (nSPS) is 12.0. The molecule has 4 N–H and O–H groups in total. The summed E-state index contributed by atoms with van der Waals surface area (Å²) in [5, 5.41) is 14.9. The molecule has 0 bridgehead atoms. The van der Waals surface area contributed by atoms with E-state index < -0.39 is 5.91 Å². The molecule has 0 fully saturated rings. The van der Waals surface area contributed by atoms with Crippen molar-refractivity contribution in [3.05, 3.63) is 116 Å². The molecule has 1 atom stereocenters. The van der Waals surface area contributed by atoms with E-state index in [4.69, 9.17) is 57.1 Å². The summed E-state index contributed by atoms with van der Waals surface area (Å²) in [4.78, 5) is 19.4. The second-order valence-corrected chi connectivity index (χ2v) is 12.8. The number of halogens is 4. The highest BCUT2D eigenvalue weighted by Gasteiger charge is 2.19. The van der Waals surface area contributed by atoms with Gasteiger partial charge in [-0.25, -0.2) is 4.98 Å². The van der Waals surface area contributed by atoms with E-state index in [1.807, 2.05) is 36.4 Å². The van der Waals surface area contributed by atoms with Gasteiger partial charge in [0.1, 0.15) is 5.82 Å². The SMILES string of the molecule is CCCN(CCO)c1ccc(-c2nc3cc(C(CC(N)=O)NCc4ccc(Cl)c(Cl)c4)ccc3n2Cc2ccc(Cl)c(Cl)c2)cc1. The molecule has 7 nitrogen and oxygen atoms in total. The number of nitrogens with one attached hydrogen (secondary N) is 1. The van der Waals surface area contributed by atoms with Crippen LogP contribution in [0.25, 0.3) is 22.4 Å². The zero-order chi connectivity index (χ0) is 32.8. The first-order valence-electron chi connectivity index (χ1n) is 15.0. The fraction of sp³-hybridized carbons (Fsp3) is 0.257. The monoisotopic (exact) mass is 697 g/mol. The molecule has 5 rings (SSSR count). The summed E-state index contributed by atoms with van der Waals surface area (Å²) >= 11 is 24.9. The summed E-state index contributed by atoms with van der Waals surface area (Å²) in [6, 6.07) is 24.9. The maximum Gasteiger partial charge on any atom is 0.219 e. The molecule has 1 amide bonds. The molecule has 1 unspecified atom stereocenters. The molecular weight excluding hydrogens is 664 g/mol. The zero-order valence-electron chi connectivity index (χ0n) is 25.3. The number of carbonyl (C=O) groups excluding carboxylic acids is 1. The molecule has 4 aromatic carbocycles. The molecule has 0 aliphatic carbocycles. The third-order valence-electron chi connectivity index (χ3n) is 7.80. The Labute approximate surface area is 288 Å². The van der Waals surface area contributed by atoms with Crippen LogP contribution in [0.5, 0.6) is 0 Å². The number of aliphatic hydroxyl groups is 1. The lowest BCUT2D eigenvalue weighted by molar-refractivity contribution is -0.118. The molecule has 5 aromatic rings. The van der Waals surface area contributed by atoms with Gasteiger partial charge < -0.3 is 25.6 Å². The first kappa shape index (κ1) is 34.0. The number of aliphatic hydroxyl groups excluding tert-OH is 1. The third-order valence-corrected chi connectivity index (χ3v) is 9.27. The van der Waals surface area contributed by atoms with Gasteiger partial charge in [-0.1, -0.05) is 71.5 Å². The topological polar surface area (TPSA) is 96.4 Å². The maximum atomic E-state index is 12.1. The van der Waals surface area contributed by atoms with E-state index >= 15 is 0 Å². The molecule has 0 aliphatic heterocycles. The summed E-state index contributed by atoms with van der Waals surface area (Å²) in [6.45, 7) is 4.59. The summed E-state index contributed by atoms with van der Waals surface area (Å²) in [5.74, 6) is 0.361. The van der Waals surface area contributed by atoms with Gasteiger partial charge in [-0.2, -0.15) is 0 Å². The average molecular weight is 700 g/mol. The molecular formula is C35H35Cl4N5O2. The molecule has 11 heteroatoms. The van der Waals surface area contributed by atoms with Gasteiger partial charge in [-0.3, -0.25) is 4.79 Å². The van der Waals surface area contributed by atoms with Crippen molar-refractivity contribution in [2.75, 3.05) is 24.6 Å². The Morgan fingerprint density at radius 1 is 0.891 bits per heavy atom. The number of nitrogens with zero attached hydrogens (tertiary/aromatic N) is 3. The van der Waals surface area contributed by atoms with E-state index in [1.54, 1.807) is 18.2 Å². The summed E-state index contributed by atoms with van der Waals surface area (Å²) in [5.41, 5.74) is 12.1. The number of rotatable bonds is 14. The standard InChI is InChI=1S/C35H35Cl4N5O2/c1-2-13-43(14-15-45)26-8-5-24(6-9-26)35-42-32-18-25(7-12-33(32)44(35)21-23-4-11-28(37)30(39)17-23)31(19-34(40)46)41-20-22-3-10-27(36)29(38)16-22/h3-12,16-18,31,41,45H,2,13-15,19-21H2,1H3,(H2,40,46). The summed E-state index contributed by atoms with van der Waals surface area (Å²) < 4.78 is 2.15. The Kier molecular flexibility index (Phi) is 11.5. The van der Waals surface area contributed by atoms with Gasteiger partial charge in [0, 0.05) is 49.9 Å².